The number of carbonyl (C=O) groups excluding carboxylic acids is 1. The van der Waals surface area contributed by atoms with Gasteiger partial charge in [0.05, 0.1) is 6.61 Å². The predicted octanol–water partition coefficient (Wildman–Crippen LogP) is 4.43. The third-order valence-electron chi connectivity index (χ3n) is 4.14. The lowest BCUT2D eigenvalue weighted by Gasteiger charge is -2.16. The Morgan fingerprint density at radius 3 is 2.83 bits per heavy atom. The Balaban J connectivity index is 2.38. The van der Waals surface area contributed by atoms with Crippen LogP contribution in [0.1, 0.15) is 37.3 Å². The van der Waals surface area contributed by atoms with Crippen LogP contribution >= 0.6 is 0 Å². The highest BCUT2D eigenvalue weighted by Crippen LogP contribution is 2.32. The molecular weight excluding hydrogens is 298 g/mol. The van der Waals surface area contributed by atoms with Crippen molar-refractivity contribution >= 4 is 16.7 Å². The monoisotopic (exact) mass is 325 g/mol. The van der Waals surface area contributed by atoms with Crippen LogP contribution in [0, 0.1) is 0 Å². The summed E-state index contributed by atoms with van der Waals surface area (Å²) in [5.74, 6) is 1.04. The molecule has 1 N–H and O–H groups in total. The minimum Gasteiger partial charge on any atom is -0.493 e. The zero-order chi connectivity index (χ0) is 17.4. The van der Waals surface area contributed by atoms with Crippen molar-refractivity contribution in [3.05, 3.63) is 54.1 Å². The standard InChI is InChI=1S/C21H27NO2/c1-4-8-18-19(24-15-5-2)14-13-17-10-6-9-16(21(17)18)11-7-12-20(23)22-3/h4,6,9-10,13-14H,1,5,7-8,11-12,15H2,2-3H3,(H,22,23). The van der Waals surface area contributed by atoms with Crippen LogP contribution in [0.25, 0.3) is 10.8 Å². The molecular formula is C21H27NO2. The Kier molecular flexibility index (Phi) is 6.86. The lowest BCUT2D eigenvalue weighted by atomic mass is 9.94. The molecule has 3 heteroatoms. The largest absolute Gasteiger partial charge is 0.493 e. The Hall–Kier alpha value is -2.29. The zero-order valence-electron chi connectivity index (χ0n) is 14.7. The molecule has 0 saturated carbocycles. The van der Waals surface area contributed by atoms with Gasteiger partial charge in [-0.15, -0.1) is 6.58 Å². The number of hydrogen-bond acceptors (Lipinski definition) is 2. The first-order valence-corrected chi connectivity index (χ1v) is 8.69. The number of aryl methyl sites for hydroxylation is 1. The second-order valence-corrected chi connectivity index (χ2v) is 5.93. The summed E-state index contributed by atoms with van der Waals surface area (Å²) in [4.78, 5) is 11.5. The molecule has 0 atom stereocenters. The number of fused-ring (bicyclic) bond motifs is 1. The van der Waals surface area contributed by atoms with Crippen LogP contribution in [0.4, 0.5) is 0 Å². The molecule has 0 aliphatic heterocycles. The maximum Gasteiger partial charge on any atom is 0.219 e. The summed E-state index contributed by atoms with van der Waals surface area (Å²) in [6, 6.07) is 10.6. The van der Waals surface area contributed by atoms with Crippen LogP contribution < -0.4 is 10.1 Å². The van der Waals surface area contributed by atoms with E-state index in [9.17, 15) is 4.79 Å². The number of rotatable bonds is 9. The van der Waals surface area contributed by atoms with E-state index in [1.165, 1.54) is 21.9 Å². The van der Waals surface area contributed by atoms with E-state index in [1.807, 2.05) is 6.08 Å². The fraction of sp³-hybridized carbons (Fsp3) is 0.381. The van der Waals surface area contributed by atoms with Gasteiger partial charge in [-0.1, -0.05) is 37.3 Å². The maximum atomic E-state index is 11.5. The quantitative estimate of drug-likeness (QED) is 0.693. The van der Waals surface area contributed by atoms with Crippen molar-refractivity contribution in [2.24, 2.45) is 0 Å². The van der Waals surface area contributed by atoms with Gasteiger partial charge >= 0.3 is 0 Å². The molecule has 1 amide bonds. The van der Waals surface area contributed by atoms with Crippen molar-refractivity contribution in [1.82, 2.24) is 5.32 Å². The van der Waals surface area contributed by atoms with E-state index < -0.39 is 0 Å². The third kappa shape index (κ3) is 4.38. The van der Waals surface area contributed by atoms with Crippen LogP contribution in [-0.2, 0) is 17.6 Å². The third-order valence-corrected chi connectivity index (χ3v) is 4.14. The van der Waals surface area contributed by atoms with E-state index in [0.717, 1.165) is 31.4 Å². The fourth-order valence-electron chi connectivity index (χ4n) is 2.98. The Morgan fingerprint density at radius 2 is 2.12 bits per heavy atom. The summed E-state index contributed by atoms with van der Waals surface area (Å²) < 4.78 is 5.95. The first-order valence-electron chi connectivity index (χ1n) is 8.69. The molecule has 0 spiro atoms. The molecule has 2 aromatic rings. The van der Waals surface area contributed by atoms with Crippen molar-refractivity contribution in [2.45, 2.75) is 39.0 Å². The Bertz CT molecular complexity index is 706. The zero-order valence-corrected chi connectivity index (χ0v) is 14.7. The van der Waals surface area contributed by atoms with Crippen molar-refractivity contribution in [3.8, 4) is 5.75 Å². The summed E-state index contributed by atoms with van der Waals surface area (Å²) in [6.07, 6.45) is 5.96. The molecule has 24 heavy (non-hydrogen) atoms. The SMILES string of the molecule is C=CCc1c(OCCC)ccc2cccc(CCCC(=O)NC)c12. The molecule has 0 fully saturated rings. The molecule has 2 rings (SSSR count). The van der Waals surface area contributed by atoms with E-state index in [-0.39, 0.29) is 5.91 Å². The van der Waals surface area contributed by atoms with Crippen LogP contribution in [0.2, 0.25) is 0 Å². The van der Waals surface area contributed by atoms with Crippen LogP contribution in [-0.4, -0.2) is 19.6 Å². The van der Waals surface area contributed by atoms with Crippen molar-refractivity contribution in [1.29, 1.82) is 0 Å². The van der Waals surface area contributed by atoms with Crippen molar-refractivity contribution in [3.63, 3.8) is 0 Å². The number of amides is 1. The normalized spacial score (nSPS) is 10.6. The van der Waals surface area contributed by atoms with Gasteiger partial charge in [0.25, 0.3) is 0 Å². The van der Waals surface area contributed by atoms with Gasteiger partial charge in [-0.2, -0.15) is 0 Å². The highest BCUT2D eigenvalue weighted by molar-refractivity contribution is 5.91. The summed E-state index contributed by atoms with van der Waals surface area (Å²) >= 11 is 0. The van der Waals surface area contributed by atoms with E-state index in [0.29, 0.717) is 13.0 Å². The molecule has 0 heterocycles. The molecule has 0 unspecified atom stereocenters. The van der Waals surface area contributed by atoms with Gasteiger partial charge in [-0.05, 0) is 48.1 Å². The number of benzene rings is 2. The van der Waals surface area contributed by atoms with E-state index in [2.05, 4.69) is 49.2 Å². The van der Waals surface area contributed by atoms with E-state index in [1.54, 1.807) is 7.05 Å². The minimum absolute atomic E-state index is 0.0912. The number of ether oxygens (including phenoxy) is 1. The Labute approximate surface area is 144 Å². The average Bonchev–Trinajstić information content (AvgIpc) is 2.61. The molecule has 0 aliphatic rings. The second kappa shape index (κ2) is 9.11. The topological polar surface area (TPSA) is 38.3 Å². The molecule has 0 aromatic heterocycles. The Morgan fingerprint density at radius 1 is 1.29 bits per heavy atom. The minimum atomic E-state index is 0.0912. The van der Waals surface area contributed by atoms with Crippen LogP contribution in [0.3, 0.4) is 0 Å². The summed E-state index contributed by atoms with van der Waals surface area (Å²) in [5.41, 5.74) is 2.47. The highest BCUT2D eigenvalue weighted by Gasteiger charge is 2.12. The van der Waals surface area contributed by atoms with Gasteiger partial charge in [0.15, 0.2) is 0 Å². The molecule has 0 bridgehead atoms. The summed E-state index contributed by atoms with van der Waals surface area (Å²) in [6.45, 7) is 6.73. The van der Waals surface area contributed by atoms with Crippen LogP contribution in [0.5, 0.6) is 5.75 Å². The number of carbonyl (C=O) groups is 1. The first-order chi connectivity index (χ1) is 11.7. The van der Waals surface area contributed by atoms with E-state index in [4.69, 9.17) is 4.74 Å². The number of hydrogen-bond donors (Lipinski definition) is 1. The van der Waals surface area contributed by atoms with Gasteiger partial charge in [0.2, 0.25) is 5.91 Å². The molecule has 2 aromatic carbocycles. The molecule has 0 saturated heterocycles. The van der Waals surface area contributed by atoms with Gasteiger partial charge in [0, 0.05) is 19.0 Å². The molecule has 0 aliphatic carbocycles. The fourth-order valence-corrected chi connectivity index (χ4v) is 2.98. The van der Waals surface area contributed by atoms with Crippen molar-refractivity contribution in [2.75, 3.05) is 13.7 Å². The average molecular weight is 325 g/mol. The predicted molar refractivity (Wildman–Crippen MR) is 101 cm³/mol. The summed E-state index contributed by atoms with van der Waals surface area (Å²) in [7, 11) is 1.68. The summed E-state index contributed by atoms with van der Waals surface area (Å²) in [5, 5.41) is 5.15. The van der Waals surface area contributed by atoms with E-state index >= 15 is 0 Å². The van der Waals surface area contributed by atoms with Gasteiger partial charge in [-0.3, -0.25) is 4.79 Å². The van der Waals surface area contributed by atoms with Gasteiger partial charge in [-0.25, -0.2) is 0 Å². The molecule has 128 valence electrons. The molecule has 0 radical (unpaired) electrons. The smallest absolute Gasteiger partial charge is 0.219 e. The van der Waals surface area contributed by atoms with Crippen molar-refractivity contribution < 1.29 is 9.53 Å². The van der Waals surface area contributed by atoms with Gasteiger partial charge < -0.3 is 10.1 Å². The number of nitrogens with one attached hydrogen (secondary N) is 1. The maximum absolute atomic E-state index is 11.5. The lowest BCUT2D eigenvalue weighted by Crippen LogP contribution is -2.17. The number of allylic oxidation sites excluding steroid dienone is 1. The molecule has 3 nitrogen and oxygen atoms in total. The second-order valence-electron chi connectivity index (χ2n) is 5.93. The van der Waals surface area contributed by atoms with Crippen LogP contribution in [0.15, 0.2) is 43.0 Å². The lowest BCUT2D eigenvalue weighted by molar-refractivity contribution is -0.120. The first kappa shape index (κ1) is 18.1. The highest BCUT2D eigenvalue weighted by atomic mass is 16.5. The van der Waals surface area contributed by atoms with Gasteiger partial charge in [0.1, 0.15) is 5.75 Å².